The number of aromatic nitrogens is 5. The van der Waals surface area contributed by atoms with Gasteiger partial charge in [-0.15, -0.1) is 11.3 Å². The molecule has 1 aliphatic heterocycles. The Morgan fingerprint density at radius 3 is 2.75 bits per heavy atom. The van der Waals surface area contributed by atoms with Crippen molar-refractivity contribution in [1.82, 2.24) is 25.1 Å². The third-order valence-electron chi connectivity index (χ3n) is 5.36. The number of nitrogens with zero attached hydrogens (tertiary/aromatic N) is 6. The number of H-pyrrole nitrogens is 1. The standard InChI is InChI=1S/C21H17F2N7OS/c1-3-15-21(31)29(2)16-10-25-18(12-9-26-28-17(12)20-24-6-7-32-20)27-19(16)30(15)11-4-5-13(22)14(23)8-11/h4-10,15H,3H2,1-2H3,(H,26,28)/t15-/m0/s1. The zero-order valence-electron chi connectivity index (χ0n) is 17.1. The first-order valence-electron chi connectivity index (χ1n) is 9.82. The van der Waals surface area contributed by atoms with Crippen molar-refractivity contribution in [3.63, 3.8) is 0 Å². The summed E-state index contributed by atoms with van der Waals surface area (Å²) in [5.74, 6) is -1.36. The van der Waals surface area contributed by atoms with Crippen LogP contribution in [0.4, 0.5) is 26.0 Å². The van der Waals surface area contributed by atoms with Gasteiger partial charge in [-0.25, -0.2) is 23.7 Å². The highest BCUT2D eigenvalue weighted by atomic mass is 32.1. The molecule has 0 aliphatic carbocycles. The van der Waals surface area contributed by atoms with Crippen LogP contribution < -0.4 is 9.80 Å². The molecule has 4 aromatic rings. The SMILES string of the molecule is CC[C@H]1C(=O)N(C)c2cnc(-c3cn[nH]c3-c3nccs3)nc2N1c1ccc(F)c(F)c1. The lowest BCUT2D eigenvalue weighted by molar-refractivity contribution is -0.119. The van der Waals surface area contributed by atoms with Crippen molar-refractivity contribution < 1.29 is 13.6 Å². The van der Waals surface area contributed by atoms with Crippen LogP contribution in [-0.4, -0.2) is 44.1 Å². The van der Waals surface area contributed by atoms with Crippen LogP contribution in [0.2, 0.25) is 0 Å². The monoisotopic (exact) mass is 453 g/mol. The van der Waals surface area contributed by atoms with Crippen LogP contribution in [0.15, 0.2) is 42.2 Å². The first-order valence-corrected chi connectivity index (χ1v) is 10.7. The number of aromatic amines is 1. The van der Waals surface area contributed by atoms with E-state index in [0.29, 0.717) is 40.7 Å². The molecule has 1 amide bonds. The second-order valence-corrected chi connectivity index (χ2v) is 8.08. The van der Waals surface area contributed by atoms with Crippen LogP contribution in [0, 0.1) is 11.6 Å². The van der Waals surface area contributed by atoms with Gasteiger partial charge < -0.3 is 9.80 Å². The van der Waals surface area contributed by atoms with E-state index in [1.807, 2.05) is 12.3 Å². The number of carbonyl (C=O) groups is 1. The number of hydrogen-bond donors (Lipinski definition) is 1. The van der Waals surface area contributed by atoms with E-state index in [0.717, 1.165) is 17.1 Å². The summed E-state index contributed by atoms with van der Waals surface area (Å²) in [5.41, 5.74) is 2.11. The van der Waals surface area contributed by atoms with Gasteiger partial charge in [-0.3, -0.25) is 9.89 Å². The molecule has 1 aliphatic rings. The van der Waals surface area contributed by atoms with E-state index in [2.05, 4.69) is 20.2 Å². The van der Waals surface area contributed by atoms with Crippen molar-refractivity contribution >= 4 is 34.4 Å². The zero-order valence-corrected chi connectivity index (χ0v) is 17.9. The molecule has 0 unspecified atom stereocenters. The minimum atomic E-state index is -1.000. The molecule has 0 fully saturated rings. The summed E-state index contributed by atoms with van der Waals surface area (Å²) < 4.78 is 27.7. The Morgan fingerprint density at radius 1 is 1.19 bits per heavy atom. The second kappa shape index (κ2) is 7.75. The first kappa shape index (κ1) is 20.2. The summed E-state index contributed by atoms with van der Waals surface area (Å²) in [6, 6.07) is 2.91. The van der Waals surface area contributed by atoms with Gasteiger partial charge in [-0.2, -0.15) is 5.10 Å². The fraction of sp³-hybridized carbons (Fsp3) is 0.190. The van der Waals surface area contributed by atoms with E-state index in [1.165, 1.54) is 22.3 Å². The van der Waals surface area contributed by atoms with Gasteiger partial charge in [0.05, 0.1) is 18.0 Å². The molecular formula is C21H17F2N7OS. The van der Waals surface area contributed by atoms with E-state index in [-0.39, 0.29) is 5.91 Å². The van der Waals surface area contributed by atoms with Gasteiger partial charge in [-0.05, 0) is 18.6 Å². The normalized spacial score (nSPS) is 15.9. The fourth-order valence-electron chi connectivity index (χ4n) is 3.77. The highest BCUT2D eigenvalue weighted by Crippen LogP contribution is 2.41. The Bertz CT molecular complexity index is 1310. The van der Waals surface area contributed by atoms with E-state index in [4.69, 9.17) is 4.98 Å². The maximum Gasteiger partial charge on any atom is 0.250 e. The number of nitrogens with one attached hydrogen (secondary N) is 1. The average molecular weight is 453 g/mol. The lowest BCUT2D eigenvalue weighted by Crippen LogP contribution is -2.50. The van der Waals surface area contributed by atoms with Crippen LogP contribution in [-0.2, 0) is 4.79 Å². The van der Waals surface area contributed by atoms with Crippen LogP contribution in [0.25, 0.3) is 22.1 Å². The highest BCUT2D eigenvalue weighted by molar-refractivity contribution is 7.13. The van der Waals surface area contributed by atoms with E-state index in [1.54, 1.807) is 30.5 Å². The molecule has 1 aromatic carbocycles. The molecule has 0 saturated heterocycles. The van der Waals surface area contributed by atoms with Crippen molar-refractivity contribution in [2.75, 3.05) is 16.8 Å². The molecule has 3 aromatic heterocycles. The number of carbonyl (C=O) groups excluding carboxylic acids is 1. The first-order chi connectivity index (χ1) is 15.5. The van der Waals surface area contributed by atoms with E-state index in [9.17, 15) is 13.6 Å². The fourth-order valence-corrected chi connectivity index (χ4v) is 4.42. The molecule has 1 N–H and O–H groups in total. The Kier molecular flexibility index (Phi) is 4.89. The number of halogens is 2. The molecule has 0 spiro atoms. The second-order valence-electron chi connectivity index (χ2n) is 7.19. The maximum atomic E-state index is 14.1. The molecule has 8 nitrogen and oxygen atoms in total. The van der Waals surface area contributed by atoms with Crippen LogP contribution >= 0.6 is 11.3 Å². The van der Waals surface area contributed by atoms with Gasteiger partial charge in [0, 0.05) is 30.4 Å². The summed E-state index contributed by atoms with van der Waals surface area (Å²) in [6.07, 6.45) is 5.29. The van der Waals surface area contributed by atoms with Crippen molar-refractivity contribution in [3.05, 3.63) is 53.8 Å². The quantitative estimate of drug-likeness (QED) is 0.499. The summed E-state index contributed by atoms with van der Waals surface area (Å²) in [5, 5.41) is 9.63. The molecular weight excluding hydrogens is 436 g/mol. The van der Waals surface area contributed by atoms with Crippen LogP contribution in [0.5, 0.6) is 0 Å². The topological polar surface area (TPSA) is 90.9 Å². The Hall–Kier alpha value is -3.73. The number of hydrogen-bond acceptors (Lipinski definition) is 7. The maximum absolute atomic E-state index is 14.1. The van der Waals surface area contributed by atoms with Gasteiger partial charge in [0.1, 0.15) is 22.4 Å². The van der Waals surface area contributed by atoms with Crippen molar-refractivity contribution in [2.45, 2.75) is 19.4 Å². The molecule has 4 heterocycles. The van der Waals surface area contributed by atoms with Crippen LogP contribution in [0.3, 0.4) is 0 Å². The minimum Gasteiger partial charge on any atom is -0.312 e. The van der Waals surface area contributed by atoms with Crippen molar-refractivity contribution in [2.24, 2.45) is 0 Å². The highest BCUT2D eigenvalue weighted by Gasteiger charge is 2.38. The summed E-state index contributed by atoms with van der Waals surface area (Å²) in [7, 11) is 1.65. The lowest BCUT2D eigenvalue weighted by atomic mass is 10.1. The van der Waals surface area contributed by atoms with Crippen molar-refractivity contribution in [1.29, 1.82) is 0 Å². The number of fused-ring (bicyclic) bond motifs is 1. The predicted octanol–water partition coefficient (Wildman–Crippen LogP) is 4.16. The van der Waals surface area contributed by atoms with Gasteiger partial charge in [0.2, 0.25) is 5.91 Å². The summed E-state index contributed by atoms with van der Waals surface area (Å²) >= 11 is 1.44. The molecule has 1 atom stereocenters. The third-order valence-corrected chi connectivity index (χ3v) is 6.15. The van der Waals surface area contributed by atoms with Crippen LogP contribution in [0.1, 0.15) is 13.3 Å². The Labute approximate surface area is 185 Å². The van der Waals surface area contributed by atoms with Gasteiger partial charge in [-0.1, -0.05) is 6.92 Å². The largest absolute Gasteiger partial charge is 0.312 e. The molecule has 0 saturated carbocycles. The number of likely N-dealkylation sites (N-methyl/N-ethyl adjacent to an activating group) is 1. The molecule has 5 rings (SSSR count). The number of amides is 1. The summed E-state index contributed by atoms with van der Waals surface area (Å²) in [6.45, 7) is 1.85. The number of anilines is 3. The number of rotatable bonds is 4. The number of benzene rings is 1. The minimum absolute atomic E-state index is 0.187. The average Bonchev–Trinajstić information content (AvgIpc) is 3.49. The number of thiazole rings is 1. The Morgan fingerprint density at radius 2 is 2.03 bits per heavy atom. The van der Waals surface area contributed by atoms with Crippen molar-refractivity contribution in [3.8, 4) is 22.1 Å². The zero-order chi connectivity index (χ0) is 22.4. The lowest BCUT2D eigenvalue weighted by Gasteiger charge is -2.40. The van der Waals surface area contributed by atoms with E-state index < -0.39 is 17.7 Å². The Balaban J connectivity index is 1.69. The summed E-state index contributed by atoms with van der Waals surface area (Å²) in [4.78, 5) is 29.6. The van der Waals surface area contributed by atoms with Gasteiger partial charge >= 0.3 is 0 Å². The molecule has 0 radical (unpaired) electrons. The van der Waals surface area contributed by atoms with E-state index >= 15 is 0 Å². The molecule has 162 valence electrons. The van der Waals surface area contributed by atoms with Gasteiger partial charge in [0.15, 0.2) is 23.3 Å². The smallest absolute Gasteiger partial charge is 0.250 e. The predicted molar refractivity (Wildman–Crippen MR) is 117 cm³/mol. The molecule has 0 bridgehead atoms. The van der Waals surface area contributed by atoms with Gasteiger partial charge in [0.25, 0.3) is 0 Å². The molecule has 11 heteroatoms. The third kappa shape index (κ3) is 3.12. The molecule has 32 heavy (non-hydrogen) atoms.